The van der Waals surface area contributed by atoms with Crippen LogP contribution in [0.15, 0.2) is 48.5 Å². The number of hydrogen-bond acceptors (Lipinski definition) is 1. The Balaban J connectivity index is 0.000000686. The predicted octanol–water partition coefficient (Wildman–Crippen LogP) is 4.06. The van der Waals surface area contributed by atoms with Crippen LogP contribution in [0.3, 0.4) is 0 Å². The molecule has 0 aliphatic rings. The van der Waals surface area contributed by atoms with E-state index in [2.05, 4.69) is 54.9 Å². The molecular formula is C14H14BrNZn. The molecule has 0 fully saturated rings. The van der Waals surface area contributed by atoms with E-state index in [0.29, 0.717) is 0 Å². The summed E-state index contributed by atoms with van der Waals surface area (Å²) in [5, 5.41) is 0. The van der Waals surface area contributed by atoms with Gasteiger partial charge in [-0.25, -0.2) is 0 Å². The Hall–Kier alpha value is -0.657. The van der Waals surface area contributed by atoms with E-state index in [1.165, 1.54) is 33.2 Å². The fourth-order valence-corrected chi connectivity index (χ4v) is 1.52. The van der Waals surface area contributed by atoms with E-state index in [4.69, 9.17) is 0 Å². The molecule has 0 aliphatic carbocycles. The number of halogens is 1. The minimum absolute atomic E-state index is 1.19. The van der Waals surface area contributed by atoms with Gasteiger partial charge in [0.1, 0.15) is 0 Å². The summed E-state index contributed by atoms with van der Waals surface area (Å²) in [5.74, 6) is 0. The molecule has 0 saturated carbocycles. The summed E-state index contributed by atoms with van der Waals surface area (Å²) < 4.78 is 0. The Morgan fingerprint density at radius 3 is 2.12 bits per heavy atom. The molecule has 84 valence electrons. The molecule has 0 unspecified atom stereocenters. The molecule has 2 aromatic rings. The first kappa shape index (κ1) is 14.4. The van der Waals surface area contributed by atoms with Crippen LogP contribution in [-0.2, 0) is 16.3 Å². The van der Waals surface area contributed by atoms with E-state index in [1.54, 1.807) is 0 Å². The first-order valence-corrected chi connectivity index (χ1v) is 12.2. The van der Waals surface area contributed by atoms with Gasteiger partial charge >= 0.3 is 30.0 Å². The Labute approximate surface area is 120 Å². The molecule has 0 saturated heterocycles. The molecule has 0 radical (unpaired) electrons. The first-order chi connectivity index (χ1) is 8.27. The van der Waals surface area contributed by atoms with Crippen LogP contribution in [0, 0.1) is 6.07 Å². The third-order valence-corrected chi connectivity index (χ3v) is 2.42. The van der Waals surface area contributed by atoms with Gasteiger partial charge in [0.15, 0.2) is 0 Å². The van der Waals surface area contributed by atoms with Crippen LogP contribution in [-0.4, -0.2) is 14.1 Å². The zero-order valence-corrected chi connectivity index (χ0v) is 14.7. The van der Waals surface area contributed by atoms with Gasteiger partial charge in [-0.1, -0.05) is 17.7 Å². The van der Waals surface area contributed by atoms with Crippen molar-refractivity contribution in [3.05, 3.63) is 54.6 Å². The standard InChI is InChI=1S/C14H14N.BrH.Zn/c1-15(2)14-10-8-13(9-11-14)12-6-4-3-5-7-12;;/h3-4,6-11H,1-2H3;1H;/q-1;;+2/p-1. The van der Waals surface area contributed by atoms with Crippen LogP contribution < -0.4 is 4.90 Å². The van der Waals surface area contributed by atoms with Crippen LogP contribution in [0.5, 0.6) is 0 Å². The molecule has 1 nitrogen and oxygen atoms in total. The van der Waals surface area contributed by atoms with Crippen molar-refractivity contribution in [3.63, 3.8) is 0 Å². The van der Waals surface area contributed by atoms with Gasteiger partial charge < -0.3 is 4.90 Å². The van der Waals surface area contributed by atoms with E-state index in [9.17, 15) is 0 Å². The van der Waals surface area contributed by atoms with Crippen molar-refractivity contribution in [1.29, 1.82) is 0 Å². The van der Waals surface area contributed by atoms with Gasteiger partial charge in [-0.2, -0.15) is 30.3 Å². The number of rotatable bonds is 2. The topological polar surface area (TPSA) is 3.24 Å². The maximum atomic E-state index is 3.09. The Kier molecular flexibility index (Phi) is 6.46. The van der Waals surface area contributed by atoms with Gasteiger partial charge in [0.2, 0.25) is 0 Å². The third kappa shape index (κ3) is 4.25. The predicted molar refractivity (Wildman–Crippen MR) is 74.0 cm³/mol. The summed E-state index contributed by atoms with van der Waals surface area (Å²) in [6.45, 7) is 0. The molecule has 0 bridgehead atoms. The second-order valence-electron chi connectivity index (χ2n) is 3.73. The minimum atomic E-state index is 1.19. The summed E-state index contributed by atoms with van der Waals surface area (Å²) in [4.78, 5) is 2.10. The SMILES string of the molecule is CN(C)c1ccc(-c2c[c-]ccc2)cc1.[Zn+][Br]. The van der Waals surface area contributed by atoms with Gasteiger partial charge in [-0.15, -0.1) is 5.56 Å². The van der Waals surface area contributed by atoms with Gasteiger partial charge in [-0.05, 0) is 12.1 Å². The quantitative estimate of drug-likeness (QED) is 0.588. The van der Waals surface area contributed by atoms with Gasteiger partial charge in [0.25, 0.3) is 0 Å². The van der Waals surface area contributed by atoms with Crippen LogP contribution in [0.4, 0.5) is 5.69 Å². The van der Waals surface area contributed by atoms with Crippen molar-refractivity contribution in [1.82, 2.24) is 0 Å². The molecule has 2 rings (SSSR count). The third-order valence-electron chi connectivity index (χ3n) is 2.42. The molecule has 2 aromatic carbocycles. The molecular weight excluding hydrogens is 327 g/mol. The van der Waals surface area contributed by atoms with Crippen molar-refractivity contribution >= 4 is 19.3 Å². The van der Waals surface area contributed by atoms with Crippen LogP contribution in [0.1, 0.15) is 0 Å². The number of nitrogens with zero attached hydrogens (tertiary/aromatic N) is 1. The van der Waals surface area contributed by atoms with E-state index in [1.807, 2.05) is 32.3 Å². The van der Waals surface area contributed by atoms with Crippen molar-refractivity contribution in [2.45, 2.75) is 0 Å². The molecule has 0 N–H and O–H groups in total. The fourth-order valence-electron chi connectivity index (χ4n) is 1.52. The van der Waals surface area contributed by atoms with E-state index in [-0.39, 0.29) is 0 Å². The Bertz CT molecular complexity index is 426. The zero-order valence-electron chi connectivity index (χ0n) is 10.2. The molecule has 0 heterocycles. The normalized spacial score (nSPS) is 9.24. The number of hydrogen-bond donors (Lipinski definition) is 0. The molecule has 0 aromatic heterocycles. The van der Waals surface area contributed by atoms with Crippen LogP contribution in [0.25, 0.3) is 11.1 Å². The number of benzene rings is 2. The summed E-state index contributed by atoms with van der Waals surface area (Å²) in [5.41, 5.74) is 3.67. The molecule has 3 heteroatoms. The van der Waals surface area contributed by atoms with Crippen molar-refractivity contribution in [3.8, 4) is 11.1 Å². The summed E-state index contributed by atoms with van der Waals surface area (Å²) >= 11 is 4.25. The second-order valence-corrected chi connectivity index (χ2v) is 3.73. The molecule has 0 spiro atoms. The van der Waals surface area contributed by atoms with Crippen molar-refractivity contribution in [2.75, 3.05) is 19.0 Å². The summed E-state index contributed by atoms with van der Waals surface area (Å²) in [7, 11) is 4.09. The number of anilines is 1. The zero-order chi connectivity index (χ0) is 12.7. The maximum absolute atomic E-state index is 3.09. The average Bonchev–Trinajstić information content (AvgIpc) is 2.42. The monoisotopic (exact) mass is 339 g/mol. The average molecular weight is 342 g/mol. The van der Waals surface area contributed by atoms with Crippen LogP contribution in [0.2, 0.25) is 0 Å². The van der Waals surface area contributed by atoms with E-state index in [0.717, 1.165) is 0 Å². The molecule has 0 atom stereocenters. The van der Waals surface area contributed by atoms with E-state index >= 15 is 0 Å². The second kappa shape index (κ2) is 7.63. The summed E-state index contributed by atoms with van der Waals surface area (Å²) in [6.07, 6.45) is 0. The molecule has 17 heavy (non-hydrogen) atoms. The molecule has 0 aliphatic heterocycles. The van der Waals surface area contributed by atoms with Gasteiger partial charge in [0, 0.05) is 19.8 Å². The van der Waals surface area contributed by atoms with Gasteiger partial charge in [-0.3, -0.25) is 0 Å². The Morgan fingerprint density at radius 1 is 1.00 bits per heavy atom. The molecule has 0 amide bonds. The van der Waals surface area contributed by atoms with E-state index < -0.39 is 0 Å². The Morgan fingerprint density at radius 2 is 1.65 bits per heavy atom. The van der Waals surface area contributed by atoms with Crippen molar-refractivity contribution in [2.24, 2.45) is 0 Å². The van der Waals surface area contributed by atoms with Gasteiger partial charge in [0.05, 0.1) is 0 Å². The summed E-state index contributed by atoms with van der Waals surface area (Å²) in [6, 6.07) is 19.6. The fraction of sp³-hybridized carbons (Fsp3) is 0.143. The van der Waals surface area contributed by atoms with Crippen molar-refractivity contribution < 1.29 is 16.3 Å². The first-order valence-electron chi connectivity index (χ1n) is 5.28. The van der Waals surface area contributed by atoms with Crippen LogP contribution >= 0.6 is 13.6 Å².